The lowest BCUT2D eigenvalue weighted by Crippen LogP contribution is -2.43. The number of nitrogens with zero attached hydrogens (tertiary/aromatic N) is 2. The molecular formula is C19H17F3N2O2. The number of aryl methyl sites for hydroxylation is 1. The number of alkyl halides is 3. The van der Waals surface area contributed by atoms with Crippen LogP contribution in [-0.4, -0.2) is 27.9 Å². The van der Waals surface area contributed by atoms with E-state index in [0.717, 1.165) is 12.0 Å². The Kier molecular flexibility index (Phi) is 4.58. The van der Waals surface area contributed by atoms with E-state index in [1.54, 1.807) is 30.3 Å². The van der Waals surface area contributed by atoms with E-state index in [0.29, 0.717) is 5.01 Å². The van der Waals surface area contributed by atoms with Crippen molar-refractivity contribution in [3.63, 3.8) is 0 Å². The molecule has 1 aliphatic heterocycles. The third-order valence-corrected chi connectivity index (χ3v) is 4.35. The molecule has 0 unspecified atom stereocenters. The van der Waals surface area contributed by atoms with Crippen molar-refractivity contribution in [2.75, 3.05) is 0 Å². The molecule has 4 nitrogen and oxygen atoms in total. The summed E-state index contributed by atoms with van der Waals surface area (Å²) < 4.78 is 39.6. The van der Waals surface area contributed by atoms with Crippen LogP contribution in [0, 0.1) is 0 Å². The Morgan fingerprint density at radius 3 is 2.31 bits per heavy atom. The Balaban J connectivity index is 2.05. The average Bonchev–Trinajstić information content (AvgIpc) is 3.01. The first-order chi connectivity index (χ1) is 12.3. The topological polar surface area (TPSA) is 52.9 Å². The van der Waals surface area contributed by atoms with Crippen LogP contribution in [0.5, 0.6) is 0 Å². The van der Waals surface area contributed by atoms with E-state index in [4.69, 9.17) is 0 Å². The summed E-state index contributed by atoms with van der Waals surface area (Å²) in [7, 11) is 0. The second-order valence-corrected chi connectivity index (χ2v) is 6.07. The van der Waals surface area contributed by atoms with Gasteiger partial charge in [0, 0.05) is 11.1 Å². The van der Waals surface area contributed by atoms with Gasteiger partial charge in [-0.2, -0.15) is 23.3 Å². The summed E-state index contributed by atoms with van der Waals surface area (Å²) in [6, 6.07) is 14.3. The molecule has 3 rings (SSSR count). The summed E-state index contributed by atoms with van der Waals surface area (Å²) in [6.07, 6.45) is -4.81. The van der Waals surface area contributed by atoms with Gasteiger partial charge in [0.1, 0.15) is 5.71 Å². The number of hydrogen-bond acceptors (Lipinski definition) is 3. The van der Waals surface area contributed by atoms with Crippen LogP contribution in [0.15, 0.2) is 59.7 Å². The van der Waals surface area contributed by atoms with Crippen molar-refractivity contribution in [3.8, 4) is 0 Å². The van der Waals surface area contributed by atoms with Crippen molar-refractivity contribution in [2.24, 2.45) is 5.10 Å². The lowest BCUT2D eigenvalue weighted by Gasteiger charge is -2.31. The van der Waals surface area contributed by atoms with E-state index in [9.17, 15) is 23.1 Å². The van der Waals surface area contributed by atoms with Gasteiger partial charge in [0.2, 0.25) is 0 Å². The number of carbonyl (C=O) groups is 1. The number of carbonyl (C=O) groups excluding carboxylic acids is 1. The Morgan fingerprint density at radius 1 is 1.15 bits per heavy atom. The molecule has 0 spiro atoms. The predicted molar refractivity (Wildman–Crippen MR) is 90.4 cm³/mol. The highest BCUT2D eigenvalue weighted by atomic mass is 19.4. The summed E-state index contributed by atoms with van der Waals surface area (Å²) in [5.41, 5.74) is -2.09. The van der Waals surface area contributed by atoms with Crippen molar-refractivity contribution in [2.45, 2.75) is 31.7 Å². The van der Waals surface area contributed by atoms with Crippen LogP contribution in [0.3, 0.4) is 0 Å². The maximum atomic E-state index is 13.2. The highest BCUT2D eigenvalue weighted by Crippen LogP contribution is 2.40. The number of amides is 1. The molecule has 1 N–H and O–H groups in total. The van der Waals surface area contributed by atoms with E-state index >= 15 is 0 Å². The number of aliphatic hydroxyl groups is 1. The summed E-state index contributed by atoms with van der Waals surface area (Å²) in [6.45, 7) is 1.94. The minimum Gasteiger partial charge on any atom is -0.365 e. The first kappa shape index (κ1) is 18.1. The van der Waals surface area contributed by atoms with Crippen molar-refractivity contribution in [3.05, 3.63) is 71.3 Å². The van der Waals surface area contributed by atoms with E-state index in [1.807, 2.05) is 6.92 Å². The third-order valence-electron chi connectivity index (χ3n) is 4.35. The summed E-state index contributed by atoms with van der Waals surface area (Å²) in [5, 5.41) is 15.0. The van der Waals surface area contributed by atoms with Crippen molar-refractivity contribution >= 4 is 11.6 Å². The minimum absolute atomic E-state index is 0.142. The first-order valence-electron chi connectivity index (χ1n) is 8.12. The number of halogens is 3. The summed E-state index contributed by atoms with van der Waals surface area (Å²) in [5.74, 6) is -0.799. The molecule has 1 aliphatic rings. The average molecular weight is 362 g/mol. The molecule has 0 aliphatic carbocycles. The fourth-order valence-corrected chi connectivity index (χ4v) is 2.85. The van der Waals surface area contributed by atoms with Gasteiger partial charge >= 0.3 is 6.18 Å². The zero-order valence-electron chi connectivity index (χ0n) is 14.0. The third kappa shape index (κ3) is 3.22. The van der Waals surface area contributed by atoms with Gasteiger partial charge in [0.25, 0.3) is 5.91 Å². The molecule has 0 bridgehead atoms. The maximum Gasteiger partial charge on any atom is 0.431 e. The van der Waals surface area contributed by atoms with Crippen LogP contribution in [0.2, 0.25) is 0 Å². The second-order valence-electron chi connectivity index (χ2n) is 6.07. The first-order valence-corrected chi connectivity index (χ1v) is 8.12. The SMILES string of the molecule is CCc1ccc([C@]2(O)CC(C(F)(F)F)=NN2C(=O)c2ccccc2)cc1. The molecule has 0 radical (unpaired) electrons. The standard InChI is InChI=1S/C19H17F3N2O2/c1-2-13-8-10-15(11-9-13)18(26)12-16(19(20,21)22)23-24(18)17(25)14-6-4-3-5-7-14/h3-11,26H,2,12H2,1H3/t18-/m1/s1. The molecule has 136 valence electrons. The van der Waals surface area contributed by atoms with Crippen LogP contribution in [0.25, 0.3) is 0 Å². The summed E-state index contributed by atoms with van der Waals surface area (Å²) >= 11 is 0. The van der Waals surface area contributed by atoms with Gasteiger partial charge in [0.15, 0.2) is 5.72 Å². The molecule has 0 fully saturated rings. The lowest BCUT2D eigenvalue weighted by atomic mass is 9.95. The number of benzene rings is 2. The predicted octanol–water partition coefficient (Wildman–Crippen LogP) is 3.86. The molecule has 1 amide bonds. The normalized spacial score (nSPS) is 20.2. The molecule has 0 aromatic heterocycles. The minimum atomic E-state index is -4.73. The van der Waals surface area contributed by atoms with Crippen LogP contribution < -0.4 is 0 Å². The fourth-order valence-electron chi connectivity index (χ4n) is 2.85. The molecule has 0 saturated heterocycles. The Hall–Kier alpha value is -2.67. The van der Waals surface area contributed by atoms with Gasteiger partial charge in [0.05, 0.1) is 6.42 Å². The highest BCUT2D eigenvalue weighted by Gasteiger charge is 2.53. The van der Waals surface area contributed by atoms with Crippen molar-refractivity contribution in [1.29, 1.82) is 0 Å². The molecule has 1 atom stereocenters. The van der Waals surface area contributed by atoms with Gasteiger partial charge in [-0.15, -0.1) is 0 Å². The maximum absolute atomic E-state index is 13.2. The van der Waals surface area contributed by atoms with E-state index in [1.165, 1.54) is 24.3 Å². The van der Waals surface area contributed by atoms with E-state index in [-0.39, 0.29) is 11.1 Å². The van der Waals surface area contributed by atoms with E-state index < -0.39 is 29.9 Å². The quantitative estimate of drug-likeness (QED) is 0.902. The fraction of sp³-hybridized carbons (Fsp3) is 0.263. The van der Waals surface area contributed by atoms with E-state index in [2.05, 4.69) is 5.10 Å². The Labute approximate surface area is 148 Å². The molecule has 2 aromatic rings. The van der Waals surface area contributed by atoms with Crippen LogP contribution in [0.4, 0.5) is 13.2 Å². The zero-order chi connectivity index (χ0) is 18.9. The van der Waals surface area contributed by atoms with Crippen LogP contribution in [-0.2, 0) is 12.1 Å². The zero-order valence-corrected chi connectivity index (χ0v) is 14.0. The monoisotopic (exact) mass is 362 g/mol. The largest absolute Gasteiger partial charge is 0.431 e. The molecule has 0 saturated carbocycles. The Bertz CT molecular complexity index is 832. The van der Waals surface area contributed by atoms with Crippen LogP contribution >= 0.6 is 0 Å². The van der Waals surface area contributed by atoms with Crippen LogP contribution in [0.1, 0.15) is 34.8 Å². The lowest BCUT2D eigenvalue weighted by molar-refractivity contribution is -0.0816. The second kappa shape index (κ2) is 6.57. The van der Waals surface area contributed by atoms with Gasteiger partial charge < -0.3 is 5.11 Å². The molecule has 26 heavy (non-hydrogen) atoms. The summed E-state index contributed by atoms with van der Waals surface area (Å²) in [4.78, 5) is 12.7. The highest BCUT2D eigenvalue weighted by molar-refractivity contribution is 5.99. The number of rotatable bonds is 3. The molecule has 7 heteroatoms. The molecular weight excluding hydrogens is 345 g/mol. The van der Waals surface area contributed by atoms with Gasteiger partial charge in [-0.05, 0) is 24.1 Å². The van der Waals surface area contributed by atoms with Gasteiger partial charge in [-0.1, -0.05) is 49.4 Å². The van der Waals surface area contributed by atoms with Crippen molar-refractivity contribution < 1.29 is 23.1 Å². The van der Waals surface area contributed by atoms with Gasteiger partial charge in [-0.25, -0.2) is 0 Å². The van der Waals surface area contributed by atoms with Crippen molar-refractivity contribution in [1.82, 2.24) is 5.01 Å². The number of hydrogen-bond donors (Lipinski definition) is 1. The molecule has 1 heterocycles. The number of hydrazone groups is 1. The van der Waals surface area contributed by atoms with Gasteiger partial charge in [-0.3, -0.25) is 4.79 Å². The smallest absolute Gasteiger partial charge is 0.365 e. The molecule has 2 aromatic carbocycles. The Morgan fingerprint density at radius 2 is 1.77 bits per heavy atom.